The van der Waals surface area contributed by atoms with E-state index in [4.69, 9.17) is 5.11 Å². The fraction of sp³-hybridized carbons (Fsp3) is 0.409. The van der Waals surface area contributed by atoms with Crippen molar-refractivity contribution >= 4 is 23.3 Å². The summed E-state index contributed by atoms with van der Waals surface area (Å²) in [7, 11) is 0. The van der Waals surface area contributed by atoms with Crippen LogP contribution in [-0.2, 0) is 4.79 Å². The Morgan fingerprint density at radius 1 is 1.21 bits per heavy atom. The predicted octanol–water partition coefficient (Wildman–Crippen LogP) is 2.66. The highest BCUT2D eigenvalue weighted by Crippen LogP contribution is 2.42. The summed E-state index contributed by atoms with van der Waals surface area (Å²) in [5.41, 5.74) is 3.27. The van der Waals surface area contributed by atoms with Gasteiger partial charge in [0.15, 0.2) is 0 Å². The number of aryl methyl sites for hydroxylation is 1. The molecule has 29 heavy (non-hydrogen) atoms. The Morgan fingerprint density at radius 3 is 2.62 bits per heavy atom. The number of hydrogen-bond acceptors (Lipinski definition) is 5. The quantitative estimate of drug-likeness (QED) is 0.722. The van der Waals surface area contributed by atoms with Crippen LogP contribution in [0.3, 0.4) is 0 Å². The molecule has 2 amide bonds. The first-order valence-corrected chi connectivity index (χ1v) is 9.85. The van der Waals surface area contributed by atoms with Crippen LogP contribution in [0.4, 0.5) is 11.5 Å². The van der Waals surface area contributed by atoms with Crippen molar-refractivity contribution in [2.45, 2.75) is 39.8 Å². The molecule has 7 heteroatoms. The van der Waals surface area contributed by atoms with Gasteiger partial charge in [0.05, 0.1) is 12.6 Å². The molecular weight excluding hydrogens is 368 g/mol. The standard InChI is InChI=1S/C22H28N4O3/c1-13-7-8-23-20(11-13)25-21-14(2)15(3)26(16(4)28)19-6-5-17(12-18(19)21)22(29)24-9-10-27/h5-8,11-12,14-15,21,27H,9-10H2,1-4H3,(H,23,25)(H,24,29)/t14-,15-,21+/m0/s1. The minimum atomic E-state index is -0.255. The fourth-order valence-electron chi connectivity index (χ4n) is 3.89. The summed E-state index contributed by atoms with van der Waals surface area (Å²) in [5, 5.41) is 15.2. The maximum atomic E-state index is 12.4. The second-order valence-corrected chi connectivity index (χ2v) is 7.58. The van der Waals surface area contributed by atoms with Crippen LogP contribution in [0, 0.1) is 12.8 Å². The van der Waals surface area contributed by atoms with Gasteiger partial charge in [0, 0.05) is 42.9 Å². The zero-order valence-corrected chi connectivity index (χ0v) is 17.3. The Morgan fingerprint density at radius 2 is 1.97 bits per heavy atom. The van der Waals surface area contributed by atoms with Crippen molar-refractivity contribution in [3.05, 3.63) is 53.2 Å². The van der Waals surface area contributed by atoms with E-state index in [0.717, 1.165) is 22.6 Å². The molecule has 0 saturated heterocycles. The Balaban J connectivity index is 2.05. The number of aliphatic hydroxyl groups is 1. The number of carbonyl (C=O) groups excluding carboxylic acids is 2. The number of rotatable bonds is 5. The lowest BCUT2D eigenvalue weighted by Crippen LogP contribution is -2.48. The van der Waals surface area contributed by atoms with E-state index in [0.29, 0.717) is 5.56 Å². The molecule has 3 atom stereocenters. The molecule has 0 radical (unpaired) electrons. The molecule has 1 aliphatic rings. The van der Waals surface area contributed by atoms with Gasteiger partial charge in [-0.2, -0.15) is 0 Å². The molecule has 0 unspecified atom stereocenters. The van der Waals surface area contributed by atoms with Gasteiger partial charge in [0.25, 0.3) is 5.91 Å². The Labute approximate surface area is 171 Å². The molecule has 3 rings (SSSR count). The molecule has 1 aromatic heterocycles. The first kappa shape index (κ1) is 20.8. The number of pyridine rings is 1. The number of anilines is 2. The number of fused-ring (bicyclic) bond motifs is 1. The summed E-state index contributed by atoms with van der Waals surface area (Å²) in [6.45, 7) is 7.77. The number of amides is 2. The molecular formula is C22H28N4O3. The van der Waals surface area contributed by atoms with Gasteiger partial charge in [-0.05, 0) is 55.3 Å². The molecule has 3 N–H and O–H groups in total. The van der Waals surface area contributed by atoms with Crippen molar-refractivity contribution in [3.63, 3.8) is 0 Å². The Kier molecular flexibility index (Phi) is 6.17. The maximum Gasteiger partial charge on any atom is 0.251 e. The third-order valence-electron chi connectivity index (χ3n) is 5.53. The predicted molar refractivity (Wildman–Crippen MR) is 113 cm³/mol. The highest BCUT2D eigenvalue weighted by molar-refractivity contribution is 5.98. The number of nitrogens with zero attached hydrogens (tertiary/aromatic N) is 2. The van der Waals surface area contributed by atoms with Gasteiger partial charge in [-0.3, -0.25) is 9.59 Å². The second-order valence-electron chi connectivity index (χ2n) is 7.58. The summed E-state index contributed by atoms with van der Waals surface area (Å²) in [5.74, 6) is 0.556. The molecule has 7 nitrogen and oxygen atoms in total. The monoisotopic (exact) mass is 396 g/mol. The zero-order chi connectivity index (χ0) is 21.1. The summed E-state index contributed by atoms with van der Waals surface area (Å²) < 4.78 is 0. The normalized spacial score (nSPS) is 20.7. The van der Waals surface area contributed by atoms with Crippen LogP contribution in [0.25, 0.3) is 0 Å². The molecule has 0 bridgehead atoms. The van der Waals surface area contributed by atoms with Gasteiger partial charge >= 0.3 is 0 Å². The number of nitrogens with one attached hydrogen (secondary N) is 2. The highest BCUT2D eigenvalue weighted by Gasteiger charge is 2.38. The average Bonchev–Trinajstić information content (AvgIpc) is 2.69. The topological polar surface area (TPSA) is 94.6 Å². The number of benzene rings is 1. The summed E-state index contributed by atoms with van der Waals surface area (Å²) in [4.78, 5) is 31.0. The first-order valence-electron chi connectivity index (χ1n) is 9.85. The average molecular weight is 396 g/mol. The smallest absolute Gasteiger partial charge is 0.251 e. The summed E-state index contributed by atoms with van der Waals surface area (Å²) >= 11 is 0. The van der Waals surface area contributed by atoms with E-state index in [9.17, 15) is 9.59 Å². The fourth-order valence-corrected chi connectivity index (χ4v) is 3.89. The first-order chi connectivity index (χ1) is 13.8. The van der Waals surface area contributed by atoms with Crippen molar-refractivity contribution < 1.29 is 14.7 Å². The third kappa shape index (κ3) is 4.24. The lowest BCUT2D eigenvalue weighted by molar-refractivity contribution is -0.117. The van der Waals surface area contributed by atoms with E-state index in [2.05, 4.69) is 22.5 Å². The largest absolute Gasteiger partial charge is 0.395 e. The van der Waals surface area contributed by atoms with Crippen LogP contribution in [-0.4, -0.2) is 41.1 Å². The van der Waals surface area contributed by atoms with Crippen LogP contribution in [0.2, 0.25) is 0 Å². The van der Waals surface area contributed by atoms with E-state index >= 15 is 0 Å². The molecule has 2 heterocycles. The van der Waals surface area contributed by atoms with Crippen LogP contribution < -0.4 is 15.5 Å². The summed E-state index contributed by atoms with van der Waals surface area (Å²) in [6.07, 6.45) is 1.76. The van der Waals surface area contributed by atoms with Gasteiger partial charge in [-0.1, -0.05) is 6.92 Å². The van der Waals surface area contributed by atoms with E-state index in [-0.39, 0.29) is 43.0 Å². The molecule has 0 aliphatic carbocycles. The van der Waals surface area contributed by atoms with Crippen molar-refractivity contribution in [3.8, 4) is 0 Å². The molecule has 0 saturated carbocycles. The summed E-state index contributed by atoms with van der Waals surface area (Å²) in [6, 6.07) is 9.15. The highest BCUT2D eigenvalue weighted by atomic mass is 16.3. The molecule has 154 valence electrons. The van der Waals surface area contributed by atoms with E-state index in [1.54, 1.807) is 24.1 Å². The SMILES string of the molecule is CC(=O)N1c2ccc(C(=O)NCCO)cc2[C@H](Nc2cc(C)ccn2)[C@@H](C)[C@@H]1C. The van der Waals surface area contributed by atoms with Crippen LogP contribution in [0.15, 0.2) is 36.5 Å². The molecule has 0 spiro atoms. The molecule has 1 aromatic carbocycles. The van der Waals surface area contributed by atoms with E-state index in [1.807, 2.05) is 38.1 Å². The van der Waals surface area contributed by atoms with E-state index < -0.39 is 0 Å². The van der Waals surface area contributed by atoms with Gasteiger partial charge in [-0.15, -0.1) is 0 Å². The van der Waals surface area contributed by atoms with Gasteiger partial charge < -0.3 is 20.6 Å². The lowest BCUT2D eigenvalue weighted by atomic mass is 9.82. The van der Waals surface area contributed by atoms with E-state index in [1.165, 1.54) is 0 Å². The van der Waals surface area contributed by atoms with Crippen molar-refractivity contribution in [2.24, 2.45) is 5.92 Å². The third-order valence-corrected chi connectivity index (χ3v) is 5.53. The Bertz CT molecular complexity index is 915. The molecule has 0 fully saturated rings. The van der Waals surface area contributed by atoms with Crippen LogP contribution >= 0.6 is 0 Å². The van der Waals surface area contributed by atoms with Crippen molar-refractivity contribution in [2.75, 3.05) is 23.4 Å². The van der Waals surface area contributed by atoms with Crippen molar-refractivity contribution in [1.82, 2.24) is 10.3 Å². The number of aliphatic hydroxyl groups excluding tert-OH is 1. The van der Waals surface area contributed by atoms with Gasteiger partial charge in [-0.25, -0.2) is 4.98 Å². The van der Waals surface area contributed by atoms with Gasteiger partial charge in [0.2, 0.25) is 5.91 Å². The molecule has 1 aliphatic heterocycles. The van der Waals surface area contributed by atoms with Crippen LogP contribution in [0.1, 0.15) is 48.3 Å². The number of aromatic nitrogens is 1. The number of hydrogen-bond donors (Lipinski definition) is 3. The van der Waals surface area contributed by atoms with Crippen LogP contribution in [0.5, 0.6) is 0 Å². The maximum absolute atomic E-state index is 12.4. The van der Waals surface area contributed by atoms with Gasteiger partial charge in [0.1, 0.15) is 5.82 Å². The Hall–Kier alpha value is -2.93. The minimum Gasteiger partial charge on any atom is -0.395 e. The minimum absolute atomic E-state index is 0.0172. The molecule has 2 aromatic rings. The number of carbonyl (C=O) groups is 2. The lowest BCUT2D eigenvalue weighted by Gasteiger charge is -2.44. The van der Waals surface area contributed by atoms with Crippen molar-refractivity contribution in [1.29, 1.82) is 0 Å². The second kappa shape index (κ2) is 8.61. The zero-order valence-electron chi connectivity index (χ0n) is 17.3.